The minimum absolute atomic E-state index is 0.484. The Balaban J connectivity index is 1.96. The second-order valence-corrected chi connectivity index (χ2v) is 6.32. The minimum atomic E-state index is 0.484. The van der Waals surface area contributed by atoms with Crippen LogP contribution in [0, 0.1) is 11.8 Å². The third-order valence-corrected chi connectivity index (χ3v) is 4.37. The molecule has 2 N–H and O–H groups in total. The highest BCUT2D eigenvalue weighted by Crippen LogP contribution is 2.28. The molecule has 1 fully saturated rings. The van der Waals surface area contributed by atoms with Gasteiger partial charge in [-0.2, -0.15) is 0 Å². The molecule has 3 rings (SSSR count). The maximum atomic E-state index is 5.74. The van der Waals surface area contributed by atoms with Gasteiger partial charge in [-0.25, -0.2) is 4.98 Å². The van der Waals surface area contributed by atoms with Crippen LogP contribution in [0.2, 0.25) is 0 Å². The second kappa shape index (κ2) is 5.09. The zero-order chi connectivity index (χ0) is 14.3. The molecule has 1 aromatic heterocycles. The molecule has 2 heterocycles. The van der Waals surface area contributed by atoms with Gasteiger partial charge in [0.2, 0.25) is 0 Å². The Morgan fingerprint density at radius 3 is 2.60 bits per heavy atom. The van der Waals surface area contributed by atoms with E-state index in [0.717, 1.165) is 41.8 Å². The number of nitrogens with zero attached hydrogens (tertiary/aromatic N) is 3. The normalized spacial score (nSPS) is 23.5. The highest BCUT2D eigenvalue weighted by molar-refractivity contribution is 5.80. The first kappa shape index (κ1) is 13.4. The van der Waals surface area contributed by atoms with Crippen molar-refractivity contribution in [3.63, 3.8) is 0 Å². The molecule has 20 heavy (non-hydrogen) atoms. The molecule has 2 aromatic rings. The first-order valence-corrected chi connectivity index (χ1v) is 7.49. The van der Waals surface area contributed by atoms with E-state index in [9.17, 15) is 0 Å². The first-order valence-electron chi connectivity index (χ1n) is 7.49. The van der Waals surface area contributed by atoms with Gasteiger partial charge in [-0.05, 0) is 36.5 Å². The summed E-state index contributed by atoms with van der Waals surface area (Å²) in [4.78, 5) is 7.13. The molecule has 1 aromatic carbocycles. The van der Waals surface area contributed by atoms with Gasteiger partial charge in [-0.3, -0.25) is 0 Å². The average Bonchev–Trinajstić information content (AvgIpc) is 2.74. The molecule has 4 nitrogen and oxygen atoms in total. The van der Waals surface area contributed by atoms with Crippen molar-refractivity contribution in [2.75, 3.05) is 18.0 Å². The summed E-state index contributed by atoms with van der Waals surface area (Å²) in [5, 5.41) is 0. The van der Waals surface area contributed by atoms with Gasteiger partial charge in [-0.1, -0.05) is 13.8 Å². The number of nitrogens with two attached hydrogens (primary N) is 1. The van der Waals surface area contributed by atoms with E-state index in [1.54, 1.807) is 0 Å². The van der Waals surface area contributed by atoms with Crippen LogP contribution in [0.1, 0.15) is 26.1 Å². The minimum Gasteiger partial charge on any atom is -0.371 e. The van der Waals surface area contributed by atoms with Gasteiger partial charge in [0.05, 0.1) is 17.6 Å². The smallest absolute Gasteiger partial charge is 0.123 e. The van der Waals surface area contributed by atoms with E-state index >= 15 is 0 Å². The lowest BCUT2D eigenvalue weighted by atomic mass is 9.91. The molecule has 1 saturated heterocycles. The number of imidazole rings is 1. The molecule has 108 valence electrons. The lowest BCUT2D eigenvalue weighted by Gasteiger charge is -2.36. The Bertz CT molecular complexity index is 606. The van der Waals surface area contributed by atoms with Crippen LogP contribution in [0.15, 0.2) is 18.2 Å². The number of benzene rings is 1. The zero-order valence-electron chi connectivity index (χ0n) is 12.6. The summed E-state index contributed by atoms with van der Waals surface area (Å²) < 4.78 is 2.08. The molecular formula is C16H24N4. The number of rotatable bonds is 2. The average molecular weight is 272 g/mol. The summed E-state index contributed by atoms with van der Waals surface area (Å²) in [5.41, 5.74) is 9.24. The fourth-order valence-electron chi connectivity index (χ4n) is 3.49. The Labute approximate surface area is 120 Å². The predicted octanol–water partition coefficient (Wildman–Crippen LogP) is 2.51. The van der Waals surface area contributed by atoms with Gasteiger partial charge < -0.3 is 15.2 Å². The topological polar surface area (TPSA) is 47.1 Å². The summed E-state index contributed by atoms with van der Waals surface area (Å²) in [6, 6.07) is 6.59. The third-order valence-electron chi connectivity index (χ3n) is 4.37. The lowest BCUT2D eigenvalue weighted by Crippen LogP contribution is -2.38. The molecule has 1 aliphatic heterocycles. The van der Waals surface area contributed by atoms with Gasteiger partial charge in [0, 0.05) is 25.8 Å². The Kier molecular flexibility index (Phi) is 3.42. The number of aromatic nitrogens is 2. The van der Waals surface area contributed by atoms with E-state index in [4.69, 9.17) is 5.73 Å². The maximum Gasteiger partial charge on any atom is 0.123 e. The van der Waals surface area contributed by atoms with Crippen LogP contribution < -0.4 is 10.6 Å². The fourth-order valence-corrected chi connectivity index (χ4v) is 3.49. The Morgan fingerprint density at radius 1 is 1.25 bits per heavy atom. The summed E-state index contributed by atoms with van der Waals surface area (Å²) in [5.74, 6) is 2.47. The van der Waals surface area contributed by atoms with Gasteiger partial charge in [-0.15, -0.1) is 0 Å². The van der Waals surface area contributed by atoms with E-state index in [1.807, 2.05) is 7.05 Å². The quantitative estimate of drug-likeness (QED) is 0.914. The number of aryl methyl sites for hydroxylation is 1. The van der Waals surface area contributed by atoms with Gasteiger partial charge >= 0.3 is 0 Å². The predicted molar refractivity (Wildman–Crippen MR) is 83.8 cm³/mol. The van der Waals surface area contributed by atoms with E-state index in [2.05, 4.69) is 46.5 Å². The molecule has 4 heteroatoms. The molecule has 0 amide bonds. The highest BCUT2D eigenvalue weighted by Gasteiger charge is 2.22. The number of anilines is 1. The largest absolute Gasteiger partial charge is 0.371 e. The van der Waals surface area contributed by atoms with Crippen LogP contribution in [0.4, 0.5) is 5.69 Å². The monoisotopic (exact) mass is 272 g/mol. The summed E-state index contributed by atoms with van der Waals surface area (Å²) >= 11 is 0. The molecule has 0 saturated carbocycles. The SMILES string of the molecule is CC1CC(C)CN(c2ccc3c(c2)nc(CN)n3C)C1. The van der Waals surface area contributed by atoms with Gasteiger partial charge in [0.15, 0.2) is 0 Å². The molecule has 0 radical (unpaired) electrons. The molecule has 2 unspecified atom stereocenters. The van der Waals surface area contributed by atoms with Crippen molar-refractivity contribution in [3.05, 3.63) is 24.0 Å². The standard InChI is InChI=1S/C16H24N4/c1-11-6-12(2)10-20(9-11)13-4-5-15-14(7-13)18-16(8-17)19(15)3/h4-5,7,11-12H,6,8-10,17H2,1-3H3. The van der Waals surface area contributed by atoms with Gasteiger partial charge in [0.25, 0.3) is 0 Å². The summed E-state index contributed by atoms with van der Waals surface area (Å²) in [6.45, 7) is 7.46. The maximum absolute atomic E-state index is 5.74. The molecule has 1 aliphatic rings. The number of hydrogen-bond donors (Lipinski definition) is 1. The number of hydrogen-bond acceptors (Lipinski definition) is 3. The molecule has 0 spiro atoms. The number of fused-ring (bicyclic) bond motifs is 1. The summed E-state index contributed by atoms with van der Waals surface area (Å²) in [7, 11) is 2.03. The van der Waals surface area contributed by atoms with Crippen LogP contribution in [0.3, 0.4) is 0 Å². The summed E-state index contributed by atoms with van der Waals surface area (Å²) in [6.07, 6.45) is 1.33. The van der Waals surface area contributed by atoms with E-state index in [1.165, 1.54) is 12.1 Å². The molecule has 0 bridgehead atoms. The fraction of sp³-hybridized carbons (Fsp3) is 0.562. The van der Waals surface area contributed by atoms with Crippen LogP contribution >= 0.6 is 0 Å². The van der Waals surface area contributed by atoms with Crippen LogP contribution in [-0.4, -0.2) is 22.6 Å². The van der Waals surface area contributed by atoms with Crippen molar-refractivity contribution in [2.24, 2.45) is 24.6 Å². The molecule has 2 atom stereocenters. The first-order chi connectivity index (χ1) is 9.58. The van der Waals surface area contributed by atoms with Crippen LogP contribution in [-0.2, 0) is 13.6 Å². The van der Waals surface area contributed by atoms with Gasteiger partial charge in [0.1, 0.15) is 5.82 Å². The number of piperidine rings is 1. The van der Waals surface area contributed by atoms with Crippen molar-refractivity contribution < 1.29 is 0 Å². The van der Waals surface area contributed by atoms with E-state index in [0.29, 0.717) is 6.54 Å². The van der Waals surface area contributed by atoms with Crippen molar-refractivity contribution in [1.82, 2.24) is 9.55 Å². The lowest BCUT2D eigenvalue weighted by molar-refractivity contribution is 0.357. The van der Waals surface area contributed by atoms with E-state index in [-0.39, 0.29) is 0 Å². The van der Waals surface area contributed by atoms with Crippen molar-refractivity contribution in [3.8, 4) is 0 Å². The van der Waals surface area contributed by atoms with Crippen LogP contribution in [0.5, 0.6) is 0 Å². The Hall–Kier alpha value is -1.55. The van der Waals surface area contributed by atoms with Crippen molar-refractivity contribution in [1.29, 1.82) is 0 Å². The van der Waals surface area contributed by atoms with E-state index < -0.39 is 0 Å². The molecular weight excluding hydrogens is 248 g/mol. The van der Waals surface area contributed by atoms with Crippen LogP contribution in [0.25, 0.3) is 11.0 Å². The molecule has 0 aliphatic carbocycles. The Morgan fingerprint density at radius 2 is 1.95 bits per heavy atom. The zero-order valence-corrected chi connectivity index (χ0v) is 12.6. The highest BCUT2D eigenvalue weighted by atomic mass is 15.1. The van der Waals surface area contributed by atoms with Crippen molar-refractivity contribution >= 4 is 16.7 Å². The third kappa shape index (κ3) is 2.29. The van der Waals surface area contributed by atoms with Crippen molar-refractivity contribution in [2.45, 2.75) is 26.8 Å². The second-order valence-electron chi connectivity index (χ2n) is 6.32.